The Morgan fingerprint density at radius 3 is 2.64 bits per heavy atom. The summed E-state index contributed by atoms with van der Waals surface area (Å²) in [5.41, 5.74) is 0.715. The van der Waals surface area contributed by atoms with Gasteiger partial charge in [-0.3, -0.25) is 4.84 Å². The molecule has 3 rings (SSSR count). The molecule has 2 aromatic rings. The Bertz CT molecular complexity index is 771. The molecule has 0 atom stereocenters. The minimum Gasteiger partial charge on any atom is -0.616 e. The summed E-state index contributed by atoms with van der Waals surface area (Å²) < 4.78 is 0.408. The number of para-hydroxylation sites is 1. The zero-order chi connectivity index (χ0) is 17.1. The van der Waals surface area contributed by atoms with E-state index >= 15 is 0 Å². The van der Waals surface area contributed by atoms with Crippen molar-refractivity contribution in [2.45, 2.75) is 6.61 Å². The quantitative estimate of drug-likeness (QED) is 0.553. The second kappa shape index (κ2) is 8.57. The van der Waals surface area contributed by atoms with E-state index in [2.05, 4.69) is 10.3 Å². The van der Waals surface area contributed by atoms with Gasteiger partial charge >= 0.3 is 5.88 Å². The predicted octanol–water partition coefficient (Wildman–Crippen LogP) is 2.93. The molecule has 1 saturated heterocycles. The fraction of sp³-hybridized carbons (Fsp3) is 0.200. The number of aromatic nitrogens is 1. The second-order valence-corrected chi connectivity index (χ2v) is 5.79. The molecule has 2 heterocycles. The van der Waals surface area contributed by atoms with Crippen LogP contribution in [0.4, 0.5) is 5.69 Å². The maximum absolute atomic E-state index is 11.7. The number of halogens is 3. The van der Waals surface area contributed by atoms with E-state index in [0.717, 1.165) is 0 Å². The Kier molecular flexibility index (Phi) is 6.71. The summed E-state index contributed by atoms with van der Waals surface area (Å²) >= 11 is 12.2. The van der Waals surface area contributed by atoms with Gasteiger partial charge in [0.2, 0.25) is 11.7 Å². The van der Waals surface area contributed by atoms with Crippen molar-refractivity contribution in [1.29, 1.82) is 0 Å². The van der Waals surface area contributed by atoms with E-state index in [1.165, 1.54) is 11.1 Å². The molecule has 1 aliphatic rings. The highest BCUT2D eigenvalue weighted by atomic mass is 79.9. The van der Waals surface area contributed by atoms with Gasteiger partial charge < -0.3 is 15.6 Å². The van der Waals surface area contributed by atoms with Crippen molar-refractivity contribution in [2.75, 3.05) is 13.1 Å². The van der Waals surface area contributed by atoms with E-state index in [-0.39, 0.29) is 35.2 Å². The summed E-state index contributed by atoms with van der Waals surface area (Å²) in [6.45, 7) is 1.14. The van der Waals surface area contributed by atoms with E-state index in [0.29, 0.717) is 39.5 Å². The van der Waals surface area contributed by atoms with Gasteiger partial charge in [-0.2, -0.15) is 0 Å². The van der Waals surface area contributed by atoms with Crippen molar-refractivity contribution in [3.05, 3.63) is 57.3 Å². The molecule has 1 fully saturated rings. The van der Waals surface area contributed by atoms with Gasteiger partial charge in [-0.05, 0) is 18.2 Å². The predicted molar refractivity (Wildman–Crippen MR) is 100 cm³/mol. The zero-order valence-electron chi connectivity index (χ0n) is 12.9. The number of guanidine groups is 1. The molecule has 1 aromatic heterocycles. The topological polar surface area (TPSA) is 84.0 Å². The molecule has 0 aliphatic carbocycles. The number of nitrogens with zero attached hydrogens (tertiary/aromatic N) is 3. The molecule has 0 radical (unpaired) electrons. The van der Waals surface area contributed by atoms with Gasteiger partial charge in [0.1, 0.15) is 5.69 Å². The molecule has 25 heavy (non-hydrogen) atoms. The smallest absolute Gasteiger partial charge is 0.377 e. The molecule has 0 unspecified atom stereocenters. The highest BCUT2D eigenvalue weighted by Crippen LogP contribution is 2.33. The lowest BCUT2D eigenvalue weighted by atomic mass is 10.3. The van der Waals surface area contributed by atoms with Crippen LogP contribution in [0.2, 0.25) is 10.0 Å². The first-order valence-corrected chi connectivity index (χ1v) is 7.89. The van der Waals surface area contributed by atoms with Gasteiger partial charge in [-0.15, -0.1) is 21.7 Å². The minimum absolute atomic E-state index is 0. The van der Waals surface area contributed by atoms with Gasteiger partial charge in [0.05, 0.1) is 22.7 Å². The van der Waals surface area contributed by atoms with Crippen molar-refractivity contribution in [3.63, 3.8) is 0 Å². The highest BCUT2D eigenvalue weighted by Gasteiger charge is 2.22. The number of hydrogen-bond acceptors (Lipinski definition) is 4. The summed E-state index contributed by atoms with van der Waals surface area (Å²) in [5, 5.41) is 26.6. The van der Waals surface area contributed by atoms with Crippen LogP contribution in [0.3, 0.4) is 0 Å². The molecule has 1 aromatic carbocycles. The number of pyridine rings is 1. The largest absolute Gasteiger partial charge is 0.616 e. The first-order chi connectivity index (χ1) is 11.6. The fourth-order valence-corrected chi connectivity index (χ4v) is 2.65. The van der Waals surface area contributed by atoms with Gasteiger partial charge in [-0.1, -0.05) is 29.3 Å². The third-order valence-electron chi connectivity index (χ3n) is 3.36. The third kappa shape index (κ3) is 4.46. The number of hydrogen-bond donors (Lipinski definition) is 2. The van der Waals surface area contributed by atoms with Crippen LogP contribution in [-0.4, -0.2) is 29.2 Å². The molecule has 0 spiro atoms. The van der Waals surface area contributed by atoms with Crippen molar-refractivity contribution >= 4 is 51.8 Å². The summed E-state index contributed by atoms with van der Waals surface area (Å²) in [7, 11) is 0. The van der Waals surface area contributed by atoms with Gasteiger partial charge in [0.15, 0.2) is 6.61 Å². The molecule has 2 N–H and O–H groups in total. The molecule has 134 valence electrons. The van der Waals surface area contributed by atoms with Crippen LogP contribution in [0.1, 0.15) is 5.69 Å². The Morgan fingerprint density at radius 1 is 1.24 bits per heavy atom. The molecule has 0 bridgehead atoms. The van der Waals surface area contributed by atoms with Crippen LogP contribution in [0.5, 0.6) is 5.88 Å². The molecule has 7 nitrogen and oxygen atoms in total. The fourth-order valence-electron chi connectivity index (χ4n) is 2.16. The maximum Gasteiger partial charge on any atom is 0.377 e. The van der Waals surface area contributed by atoms with Crippen molar-refractivity contribution < 1.29 is 14.7 Å². The zero-order valence-corrected chi connectivity index (χ0v) is 16.1. The lowest BCUT2D eigenvalue weighted by Gasteiger charge is -2.17. The minimum atomic E-state index is -0.382. The SMILES string of the molecule is Br.[O-][n+]1c(O)cccc1CON1CCN/C1=N\c1c(Cl)cccc1Cl. The van der Waals surface area contributed by atoms with Crippen LogP contribution in [0, 0.1) is 5.21 Å². The number of hydroxylamine groups is 2. The Balaban J connectivity index is 0.00000225. The summed E-state index contributed by atoms with van der Waals surface area (Å²) in [5.74, 6) is 0.0648. The molecular formula is C15H15BrCl2N4O3. The molecule has 0 saturated carbocycles. The Morgan fingerprint density at radius 2 is 1.92 bits per heavy atom. The molecule has 0 amide bonds. The number of benzene rings is 1. The van der Waals surface area contributed by atoms with E-state index in [1.54, 1.807) is 30.3 Å². The van der Waals surface area contributed by atoms with E-state index < -0.39 is 0 Å². The Hall–Kier alpha value is -1.74. The average Bonchev–Trinajstić information content (AvgIpc) is 3.00. The maximum atomic E-state index is 11.7. The van der Waals surface area contributed by atoms with Crippen LogP contribution in [0.15, 0.2) is 41.4 Å². The third-order valence-corrected chi connectivity index (χ3v) is 3.97. The number of rotatable bonds is 4. The summed E-state index contributed by atoms with van der Waals surface area (Å²) in [6, 6.07) is 9.57. The first kappa shape index (κ1) is 19.6. The average molecular weight is 450 g/mol. The molecule has 1 aliphatic heterocycles. The first-order valence-electron chi connectivity index (χ1n) is 7.13. The normalized spacial score (nSPS) is 15.1. The summed E-state index contributed by atoms with van der Waals surface area (Å²) in [6.07, 6.45) is 0. The van der Waals surface area contributed by atoms with E-state index in [9.17, 15) is 10.3 Å². The van der Waals surface area contributed by atoms with Crippen LogP contribution >= 0.6 is 40.2 Å². The standard InChI is InChI=1S/C15H14Cl2N4O3.BrH/c16-11-4-2-5-12(17)14(11)19-15-18-7-8-20(15)24-9-10-3-1-6-13(22)21(10)23;/h1-6,22H,7-9H2,(H,18,19);1H. The number of aromatic hydroxyl groups is 1. The highest BCUT2D eigenvalue weighted by molar-refractivity contribution is 8.93. The van der Waals surface area contributed by atoms with Gasteiger partial charge in [0.25, 0.3) is 0 Å². The lowest BCUT2D eigenvalue weighted by molar-refractivity contribution is -0.625. The van der Waals surface area contributed by atoms with Crippen molar-refractivity contribution in [1.82, 2.24) is 10.4 Å². The van der Waals surface area contributed by atoms with Gasteiger partial charge in [0, 0.05) is 12.6 Å². The summed E-state index contributed by atoms with van der Waals surface area (Å²) in [4.78, 5) is 10.0. The Labute approximate surface area is 164 Å². The lowest BCUT2D eigenvalue weighted by Crippen LogP contribution is -2.35. The van der Waals surface area contributed by atoms with Crippen LogP contribution in [-0.2, 0) is 11.4 Å². The van der Waals surface area contributed by atoms with Crippen LogP contribution in [0.25, 0.3) is 0 Å². The molecular weight excluding hydrogens is 435 g/mol. The van der Waals surface area contributed by atoms with Crippen LogP contribution < -0.4 is 10.0 Å². The van der Waals surface area contributed by atoms with Crippen molar-refractivity contribution in [3.8, 4) is 5.88 Å². The molecule has 10 heteroatoms. The second-order valence-electron chi connectivity index (χ2n) is 4.98. The van der Waals surface area contributed by atoms with E-state index in [4.69, 9.17) is 28.0 Å². The monoisotopic (exact) mass is 448 g/mol. The van der Waals surface area contributed by atoms with Gasteiger partial charge in [-0.25, -0.2) is 10.1 Å². The number of nitrogens with one attached hydrogen (secondary N) is 1. The van der Waals surface area contributed by atoms with Crippen molar-refractivity contribution in [2.24, 2.45) is 4.99 Å². The van der Waals surface area contributed by atoms with E-state index in [1.807, 2.05) is 0 Å². The number of aliphatic imine (C=N–C) groups is 1.